The summed E-state index contributed by atoms with van der Waals surface area (Å²) in [5.41, 5.74) is 0.570. The Morgan fingerprint density at radius 2 is 2.22 bits per heavy atom. The summed E-state index contributed by atoms with van der Waals surface area (Å²) in [6, 6.07) is 5.02. The quantitative estimate of drug-likeness (QED) is 0.879. The average Bonchev–Trinajstić information content (AvgIpc) is 2.27. The van der Waals surface area contributed by atoms with Crippen LogP contribution in [-0.2, 0) is 4.79 Å². The zero-order valence-corrected chi connectivity index (χ0v) is 12.0. The van der Waals surface area contributed by atoms with Crippen molar-refractivity contribution < 1.29 is 4.79 Å². The molecule has 1 heterocycles. The van der Waals surface area contributed by atoms with Crippen molar-refractivity contribution in [1.29, 1.82) is 0 Å². The largest absolute Gasteiger partial charge is 0.324 e. The number of hydrogen-bond donors (Lipinski definition) is 2. The molecular formula is C12H14Cl2N2OS. The second-order valence-electron chi connectivity index (χ2n) is 4.21. The molecule has 98 valence electrons. The zero-order chi connectivity index (χ0) is 13.0. The van der Waals surface area contributed by atoms with Gasteiger partial charge in [-0.25, -0.2) is 0 Å². The van der Waals surface area contributed by atoms with Crippen molar-refractivity contribution in [2.45, 2.75) is 0 Å². The maximum Gasteiger partial charge on any atom is 0.234 e. The van der Waals surface area contributed by atoms with E-state index in [-0.39, 0.29) is 5.91 Å². The van der Waals surface area contributed by atoms with Gasteiger partial charge in [0.1, 0.15) is 0 Å². The van der Waals surface area contributed by atoms with E-state index in [2.05, 4.69) is 10.6 Å². The number of thioether (sulfide) groups is 1. The third-order valence-corrected chi connectivity index (χ3v) is 4.39. The molecule has 0 radical (unpaired) electrons. The minimum atomic E-state index is -0.0450. The predicted octanol–water partition coefficient (Wildman–Crippen LogP) is 2.88. The van der Waals surface area contributed by atoms with E-state index in [0.29, 0.717) is 27.4 Å². The summed E-state index contributed by atoms with van der Waals surface area (Å²) < 4.78 is 0. The standard InChI is InChI=1S/C12H14Cl2N2OS/c13-9-1-2-10(14)11(3-9)16-12(17)7-18-6-8-4-15-5-8/h1-3,8,15H,4-7H2,(H,16,17). The normalized spacial score (nSPS) is 15.2. The molecule has 18 heavy (non-hydrogen) atoms. The molecule has 3 nitrogen and oxygen atoms in total. The van der Waals surface area contributed by atoms with Gasteiger partial charge in [-0.2, -0.15) is 11.8 Å². The Hall–Kier alpha value is -0.420. The zero-order valence-electron chi connectivity index (χ0n) is 9.71. The van der Waals surface area contributed by atoms with Gasteiger partial charge in [0.2, 0.25) is 5.91 Å². The number of amides is 1. The molecule has 0 unspecified atom stereocenters. The van der Waals surface area contributed by atoms with Crippen molar-refractivity contribution in [3.05, 3.63) is 28.2 Å². The van der Waals surface area contributed by atoms with Gasteiger partial charge < -0.3 is 10.6 Å². The van der Waals surface area contributed by atoms with E-state index in [4.69, 9.17) is 23.2 Å². The SMILES string of the molecule is O=C(CSCC1CNC1)Nc1cc(Cl)ccc1Cl. The van der Waals surface area contributed by atoms with Crippen LogP contribution in [0.2, 0.25) is 10.0 Å². The summed E-state index contributed by atoms with van der Waals surface area (Å²) in [6.45, 7) is 2.13. The minimum absolute atomic E-state index is 0.0450. The lowest BCUT2D eigenvalue weighted by Crippen LogP contribution is -2.43. The molecule has 1 amide bonds. The molecule has 2 rings (SSSR count). The molecule has 1 aliphatic heterocycles. The first-order valence-corrected chi connectivity index (χ1v) is 7.59. The van der Waals surface area contributed by atoms with Crippen LogP contribution in [0.25, 0.3) is 0 Å². The molecule has 6 heteroatoms. The van der Waals surface area contributed by atoms with Crippen molar-refractivity contribution in [3.63, 3.8) is 0 Å². The molecule has 1 saturated heterocycles. The van der Waals surface area contributed by atoms with Gasteiger partial charge in [-0.05, 0) is 43.0 Å². The van der Waals surface area contributed by atoms with Crippen LogP contribution in [0.3, 0.4) is 0 Å². The monoisotopic (exact) mass is 304 g/mol. The summed E-state index contributed by atoms with van der Waals surface area (Å²) in [6.07, 6.45) is 0. The molecule has 0 bridgehead atoms. The van der Waals surface area contributed by atoms with Gasteiger partial charge in [-0.3, -0.25) is 4.79 Å². The fourth-order valence-electron chi connectivity index (χ4n) is 1.56. The van der Waals surface area contributed by atoms with Gasteiger partial charge >= 0.3 is 0 Å². The fourth-order valence-corrected chi connectivity index (χ4v) is 2.85. The van der Waals surface area contributed by atoms with Crippen molar-refractivity contribution in [1.82, 2.24) is 5.32 Å². The predicted molar refractivity (Wildman–Crippen MR) is 78.8 cm³/mol. The second-order valence-corrected chi connectivity index (χ2v) is 6.09. The first-order chi connectivity index (χ1) is 8.65. The molecular weight excluding hydrogens is 291 g/mol. The second kappa shape index (κ2) is 6.66. The van der Waals surface area contributed by atoms with Crippen LogP contribution in [0.4, 0.5) is 5.69 Å². The number of carbonyl (C=O) groups is 1. The summed E-state index contributed by atoms with van der Waals surface area (Å²) in [7, 11) is 0. The van der Waals surface area contributed by atoms with Crippen molar-refractivity contribution in [3.8, 4) is 0 Å². The Bertz CT molecular complexity index is 438. The molecule has 1 fully saturated rings. The molecule has 0 saturated carbocycles. The highest BCUT2D eigenvalue weighted by molar-refractivity contribution is 7.99. The van der Waals surface area contributed by atoms with Crippen LogP contribution in [0, 0.1) is 5.92 Å². The summed E-state index contributed by atoms with van der Waals surface area (Å²) in [4.78, 5) is 11.7. The van der Waals surface area contributed by atoms with E-state index < -0.39 is 0 Å². The van der Waals surface area contributed by atoms with Gasteiger partial charge in [-0.15, -0.1) is 0 Å². The van der Waals surface area contributed by atoms with Crippen LogP contribution < -0.4 is 10.6 Å². The van der Waals surface area contributed by atoms with Gasteiger partial charge in [-0.1, -0.05) is 23.2 Å². The molecule has 0 spiro atoms. The molecule has 1 aliphatic rings. The maximum absolute atomic E-state index is 11.7. The van der Waals surface area contributed by atoms with Crippen molar-refractivity contribution in [2.75, 3.05) is 29.9 Å². The third kappa shape index (κ3) is 4.05. The first kappa shape index (κ1) is 14.0. The summed E-state index contributed by atoms with van der Waals surface area (Å²) in [5, 5.41) is 7.03. The minimum Gasteiger partial charge on any atom is -0.324 e. The molecule has 0 aromatic heterocycles. The van der Waals surface area contributed by atoms with Crippen molar-refractivity contribution >= 4 is 46.6 Å². The molecule has 1 aromatic carbocycles. The highest BCUT2D eigenvalue weighted by Crippen LogP contribution is 2.25. The number of anilines is 1. The Kier molecular flexibility index (Phi) is 5.18. The van der Waals surface area contributed by atoms with E-state index in [1.54, 1.807) is 30.0 Å². The molecule has 2 N–H and O–H groups in total. The number of rotatable bonds is 5. The number of benzene rings is 1. The van der Waals surface area contributed by atoms with E-state index >= 15 is 0 Å². The number of halogens is 2. The smallest absolute Gasteiger partial charge is 0.234 e. The Labute approximate surface area is 121 Å². The van der Waals surface area contributed by atoms with Gasteiger partial charge in [0.15, 0.2) is 0 Å². The molecule has 1 aromatic rings. The number of carbonyl (C=O) groups excluding carboxylic acids is 1. The summed E-state index contributed by atoms with van der Waals surface area (Å²) in [5.74, 6) is 2.12. The van der Waals surface area contributed by atoms with Crippen LogP contribution >= 0.6 is 35.0 Å². The lowest BCUT2D eigenvalue weighted by Gasteiger charge is -2.26. The molecule has 0 aliphatic carbocycles. The van der Waals surface area contributed by atoms with Gasteiger partial charge in [0, 0.05) is 5.02 Å². The van der Waals surface area contributed by atoms with Crippen LogP contribution in [0.15, 0.2) is 18.2 Å². The highest BCUT2D eigenvalue weighted by atomic mass is 35.5. The van der Waals surface area contributed by atoms with E-state index in [1.165, 1.54) is 0 Å². The van der Waals surface area contributed by atoms with Crippen molar-refractivity contribution in [2.24, 2.45) is 5.92 Å². The first-order valence-electron chi connectivity index (χ1n) is 5.68. The van der Waals surface area contributed by atoms with Crippen LogP contribution in [-0.4, -0.2) is 30.5 Å². The lowest BCUT2D eigenvalue weighted by molar-refractivity contribution is -0.113. The number of nitrogens with one attached hydrogen (secondary N) is 2. The lowest BCUT2D eigenvalue weighted by atomic mass is 10.1. The average molecular weight is 305 g/mol. The number of hydrogen-bond acceptors (Lipinski definition) is 3. The van der Waals surface area contributed by atoms with Gasteiger partial charge in [0.25, 0.3) is 0 Å². The maximum atomic E-state index is 11.7. The van der Waals surface area contributed by atoms with E-state index in [1.807, 2.05) is 0 Å². The topological polar surface area (TPSA) is 41.1 Å². The Balaban J connectivity index is 1.77. The Morgan fingerprint density at radius 3 is 2.89 bits per heavy atom. The van der Waals surface area contributed by atoms with Gasteiger partial charge in [0.05, 0.1) is 16.5 Å². The highest BCUT2D eigenvalue weighted by Gasteiger charge is 2.16. The Morgan fingerprint density at radius 1 is 1.44 bits per heavy atom. The van der Waals surface area contributed by atoms with Crippen LogP contribution in [0.5, 0.6) is 0 Å². The van der Waals surface area contributed by atoms with Crippen LogP contribution in [0.1, 0.15) is 0 Å². The fraction of sp³-hybridized carbons (Fsp3) is 0.417. The summed E-state index contributed by atoms with van der Waals surface area (Å²) >= 11 is 13.5. The third-order valence-electron chi connectivity index (χ3n) is 2.66. The van der Waals surface area contributed by atoms with E-state index in [0.717, 1.165) is 18.8 Å². The van der Waals surface area contributed by atoms with E-state index in [9.17, 15) is 4.79 Å². The molecule has 0 atom stereocenters.